The van der Waals surface area contributed by atoms with Gasteiger partial charge in [-0.2, -0.15) is 0 Å². The highest BCUT2D eigenvalue weighted by Crippen LogP contribution is 2.46. The highest BCUT2D eigenvalue weighted by atomic mass is 16.8. The molecule has 0 aromatic carbocycles. The number of Topliss-reactive ketones (excluding diaryl/α,β-unsaturated/α-hetero) is 1. The van der Waals surface area contributed by atoms with Crippen LogP contribution in [0.25, 0.3) is 0 Å². The topological polar surface area (TPSA) is 121 Å². The lowest BCUT2D eigenvalue weighted by molar-refractivity contribution is -0.318. The summed E-state index contributed by atoms with van der Waals surface area (Å²) in [5.41, 5.74) is 0.305. The lowest BCUT2D eigenvalue weighted by Gasteiger charge is -2.40. The SMILES string of the molecule is COC(=O)C1=CO[C@@H](O[C@@H]2O[C@@H]3CO[C@H]([C@H]2O)[C@@H]3O)[C@H]2[C@@H]1CC(=O)[C@@H]2C. The van der Waals surface area contributed by atoms with E-state index in [0.717, 1.165) is 0 Å². The van der Waals surface area contributed by atoms with Crippen LogP contribution < -0.4 is 0 Å². The van der Waals surface area contributed by atoms with Crippen LogP contribution in [0.1, 0.15) is 13.3 Å². The molecule has 3 fully saturated rings. The summed E-state index contributed by atoms with van der Waals surface area (Å²) in [5.74, 6) is -1.68. The number of carbonyl (C=O) groups excluding carboxylic acids is 2. The molecule has 144 valence electrons. The smallest absolute Gasteiger partial charge is 0.337 e. The summed E-state index contributed by atoms with van der Waals surface area (Å²) in [7, 11) is 1.27. The average molecular weight is 370 g/mol. The molecule has 2 bridgehead atoms. The fourth-order valence-electron chi connectivity index (χ4n) is 4.29. The average Bonchev–Trinajstić information content (AvgIpc) is 3.07. The molecule has 2 saturated heterocycles. The second-order valence-corrected chi connectivity index (χ2v) is 7.17. The molecule has 4 rings (SSSR count). The molecule has 0 aromatic rings. The Bertz CT molecular complexity index is 632. The molecule has 0 radical (unpaired) electrons. The summed E-state index contributed by atoms with van der Waals surface area (Å²) in [4.78, 5) is 24.2. The van der Waals surface area contributed by atoms with Gasteiger partial charge in [0.15, 0.2) is 6.29 Å². The van der Waals surface area contributed by atoms with Crippen LogP contribution in [0.3, 0.4) is 0 Å². The Labute approximate surface area is 149 Å². The zero-order valence-electron chi connectivity index (χ0n) is 14.4. The van der Waals surface area contributed by atoms with Crippen molar-refractivity contribution < 1.29 is 43.5 Å². The summed E-state index contributed by atoms with van der Waals surface area (Å²) in [6.07, 6.45) is -3.94. The number of ether oxygens (including phenoxy) is 5. The molecule has 9 heteroatoms. The predicted octanol–water partition coefficient (Wildman–Crippen LogP) is -0.897. The van der Waals surface area contributed by atoms with Crippen molar-refractivity contribution in [2.75, 3.05) is 13.7 Å². The minimum atomic E-state index is -1.19. The fraction of sp³-hybridized carbons (Fsp3) is 0.765. The first kappa shape index (κ1) is 17.9. The first-order valence-electron chi connectivity index (χ1n) is 8.67. The molecule has 3 aliphatic heterocycles. The Kier molecular flexibility index (Phi) is 4.52. The predicted molar refractivity (Wildman–Crippen MR) is 82.2 cm³/mol. The van der Waals surface area contributed by atoms with Gasteiger partial charge in [0.1, 0.15) is 30.2 Å². The quantitative estimate of drug-likeness (QED) is 0.609. The van der Waals surface area contributed by atoms with E-state index in [9.17, 15) is 19.8 Å². The van der Waals surface area contributed by atoms with Crippen LogP contribution in [0, 0.1) is 17.8 Å². The Morgan fingerprint density at radius 1 is 1.27 bits per heavy atom. The van der Waals surface area contributed by atoms with Gasteiger partial charge < -0.3 is 33.9 Å². The normalized spacial score (nSPS) is 47.2. The molecule has 0 spiro atoms. The van der Waals surface area contributed by atoms with Crippen LogP contribution in [0.5, 0.6) is 0 Å². The van der Waals surface area contributed by atoms with E-state index in [0.29, 0.717) is 5.57 Å². The Morgan fingerprint density at radius 3 is 2.77 bits per heavy atom. The number of hydrogen-bond acceptors (Lipinski definition) is 9. The van der Waals surface area contributed by atoms with E-state index < -0.39 is 48.9 Å². The number of carbonyl (C=O) groups is 2. The molecular weight excluding hydrogens is 348 g/mol. The summed E-state index contributed by atoms with van der Waals surface area (Å²) in [6, 6.07) is 0. The van der Waals surface area contributed by atoms with E-state index in [1.165, 1.54) is 13.4 Å². The maximum absolute atomic E-state index is 12.2. The minimum absolute atomic E-state index is 0.0119. The van der Waals surface area contributed by atoms with Crippen LogP contribution in [0.2, 0.25) is 0 Å². The van der Waals surface area contributed by atoms with Crippen molar-refractivity contribution in [2.45, 2.75) is 50.3 Å². The zero-order valence-corrected chi connectivity index (χ0v) is 14.4. The third-order valence-corrected chi connectivity index (χ3v) is 5.80. The van der Waals surface area contributed by atoms with Gasteiger partial charge in [-0.3, -0.25) is 4.79 Å². The van der Waals surface area contributed by atoms with E-state index in [-0.39, 0.29) is 30.6 Å². The maximum atomic E-state index is 12.2. The van der Waals surface area contributed by atoms with Crippen molar-refractivity contribution in [2.24, 2.45) is 17.8 Å². The summed E-state index contributed by atoms with van der Waals surface area (Å²) in [5, 5.41) is 20.3. The highest BCUT2D eigenvalue weighted by Gasteiger charge is 2.55. The molecule has 1 aliphatic carbocycles. The molecule has 2 N–H and O–H groups in total. The van der Waals surface area contributed by atoms with Gasteiger partial charge in [-0.05, 0) is 0 Å². The van der Waals surface area contributed by atoms with Gasteiger partial charge >= 0.3 is 5.97 Å². The molecule has 1 saturated carbocycles. The van der Waals surface area contributed by atoms with Crippen molar-refractivity contribution in [3.8, 4) is 0 Å². The van der Waals surface area contributed by atoms with Crippen LogP contribution in [-0.2, 0) is 33.3 Å². The summed E-state index contributed by atoms with van der Waals surface area (Å²) < 4.78 is 27.1. The monoisotopic (exact) mass is 370 g/mol. The number of fused-ring (bicyclic) bond motifs is 3. The number of aliphatic hydroxyl groups is 2. The first-order chi connectivity index (χ1) is 12.4. The third-order valence-electron chi connectivity index (χ3n) is 5.80. The highest BCUT2D eigenvalue weighted by molar-refractivity contribution is 5.92. The molecule has 9 atom stereocenters. The number of aliphatic hydroxyl groups excluding tert-OH is 2. The molecule has 0 amide bonds. The van der Waals surface area contributed by atoms with E-state index >= 15 is 0 Å². The molecule has 26 heavy (non-hydrogen) atoms. The molecule has 3 heterocycles. The van der Waals surface area contributed by atoms with Gasteiger partial charge in [-0.1, -0.05) is 6.92 Å². The van der Waals surface area contributed by atoms with Crippen LogP contribution in [-0.4, -0.2) is 72.7 Å². The van der Waals surface area contributed by atoms with Crippen LogP contribution in [0.15, 0.2) is 11.8 Å². The van der Waals surface area contributed by atoms with Gasteiger partial charge in [0.25, 0.3) is 0 Å². The maximum Gasteiger partial charge on any atom is 0.337 e. The molecule has 9 nitrogen and oxygen atoms in total. The van der Waals surface area contributed by atoms with Crippen molar-refractivity contribution >= 4 is 11.8 Å². The van der Waals surface area contributed by atoms with Crippen molar-refractivity contribution in [1.29, 1.82) is 0 Å². The number of rotatable bonds is 3. The fourth-order valence-corrected chi connectivity index (χ4v) is 4.29. The minimum Gasteiger partial charge on any atom is -0.472 e. The van der Waals surface area contributed by atoms with Gasteiger partial charge in [0, 0.05) is 24.2 Å². The van der Waals surface area contributed by atoms with E-state index in [2.05, 4.69) is 0 Å². The summed E-state index contributed by atoms with van der Waals surface area (Å²) >= 11 is 0. The van der Waals surface area contributed by atoms with E-state index in [1.54, 1.807) is 6.92 Å². The molecule has 4 aliphatic rings. The van der Waals surface area contributed by atoms with Gasteiger partial charge in [0.2, 0.25) is 6.29 Å². The van der Waals surface area contributed by atoms with Gasteiger partial charge in [-0.25, -0.2) is 4.79 Å². The third kappa shape index (κ3) is 2.66. The van der Waals surface area contributed by atoms with Crippen molar-refractivity contribution in [1.82, 2.24) is 0 Å². The standard InChI is InChI=1S/C17H22O9/c1-6-9(18)3-7-8(15(21)22-2)4-24-16(11(6)7)26-17-13(20)14-12(19)10(25-17)5-23-14/h4,6-7,10-14,16-17,19-20H,3,5H2,1-2H3/t6-,7+,10+,11+,12+,13+,14-,16-,17-/m0/s1. The van der Waals surface area contributed by atoms with Crippen LogP contribution >= 0.6 is 0 Å². The van der Waals surface area contributed by atoms with Crippen LogP contribution in [0.4, 0.5) is 0 Å². The number of esters is 1. The van der Waals surface area contributed by atoms with Gasteiger partial charge in [-0.15, -0.1) is 0 Å². The lowest BCUT2D eigenvalue weighted by Crippen LogP contribution is -2.55. The lowest BCUT2D eigenvalue weighted by atomic mass is 9.83. The number of hydrogen-bond donors (Lipinski definition) is 2. The Balaban J connectivity index is 1.54. The molecular formula is C17H22O9. The number of ketones is 1. The Hall–Kier alpha value is -1.52. The molecule has 0 aromatic heterocycles. The largest absolute Gasteiger partial charge is 0.472 e. The van der Waals surface area contributed by atoms with Gasteiger partial charge in [0.05, 0.1) is 25.6 Å². The second-order valence-electron chi connectivity index (χ2n) is 7.17. The molecule has 0 unspecified atom stereocenters. The van der Waals surface area contributed by atoms with E-state index in [4.69, 9.17) is 23.7 Å². The zero-order chi connectivity index (χ0) is 18.6. The van der Waals surface area contributed by atoms with E-state index in [1.807, 2.05) is 0 Å². The summed E-state index contributed by atoms with van der Waals surface area (Å²) in [6.45, 7) is 1.93. The second kappa shape index (κ2) is 6.58. The van der Waals surface area contributed by atoms with Crippen molar-refractivity contribution in [3.05, 3.63) is 11.8 Å². The van der Waals surface area contributed by atoms with Crippen molar-refractivity contribution in [3.63, 3.8) is 0 Å². The Morgan fingerprint density at radius 2 is 2.04 bits per heavy atom. The first-order valence-corrected chi connectivity index (χ1v) is 8.67. The number of methoxy groups -OCH3 is 1.